The van der Waals surface area contributed by atoms with Crippen LogP contribution in [0.2, 0.25) is 0 Å². The van der Waals surface area contributed by atoms with E-state index < -0.39 is 11.8 Å². The maximum absolute atomic E-state index is 12.3. The number of ether oxygens (including phenoxy) is 2. The highest BCUT2D eigenvalue weighted by atomic mass is 16.5. The average Bonchev–Trinajstić information content (AvgIpc) is 2.75. The summed E-state index contributed by atoms with van der Waals surface area (Å²) in [5, 5.41) is 5.30. The lowest BCUT2D eigenvalue weighted by molar-refractivity contribution is -0.136. The van der Waals surface area contributed by atoms with Gasteiger partial charge in [0.1, 0.15) is 5.75 Å². The van der Waals surface area contributed by atoms with Gasteiger partial charge in [-0.1, -0.05) is 12.1 Å². The Bertz CT molecular complexity index is 794. The molecule has 0 saturated carbocycles. The number of benzene rings is 1. The van der Waals surface area contributed by atoms with Crippen LogP contribution in [0.1, 0.15) is 11.6 Å². The van der Waals surface area contributed by atoms with Crippen LogP contribution < -0.4 is 15.4 Å². The number of hydrogen-bond acceptors (Lipinski definition) is 6. The SMILES string of the molecule is COc1cccc([C@@H](CNC(=O)C(=O)Nc2ccncc2)N2CCOCC2)c1. The van der Waals surface area contributed by atoms with Crippen molar-refractivity contribution in [3.63, 3.8) is 0 Å². The highest BCUT2D eigenvalue weighted by Crippen LogP contribution is 2.24. The summed E-state index contributed by atoms with van der Waals surface area (Å²) in [5.41, 5.74) is 1.53. The molecule has 1 fully saturated rings. The molecular weight excluding hydrogens is 360 g/mol. The molecule has 3 rings (SSSR count). The third kappa shape index (κ3) is 5.28. The summed E-state index contributed by atoms with van der Waals surface area (Å²) in [6.07, 6.45) is 3.09. The lowest BCUT2D eigenvalue weighted by Gasteiger charge is -2.35. The maximum atomic E-state index is 12.3. The van der Waals surface area contributed by atoms with Crippen molar-refractivity contribution < 1.29 is 19.1 Å². The molecule has 2 amide bonds. The number of morpholine rings is 1. The lowest BCUT2D eigenvalue weighted by atomic mass is 10.0. The molecular formula is C20H24N4O4. The minimum absolute atomic E-state index is 0.0864. The van der Waals surface area contributed by atoms with Crippen molar-refractivity contribution in [3.8, 4) is 5.75 Å². The van der Waals surface area contributed by atoms with E-state index >= 15 is 0 Å². The van der Waals surface area contributed by atoms with Crippen LogP contribution >= 0.6 is 0 Å². The summed E-state index contributed by atoms with van der Waals surface area (Å²) < 4.78 is 10.8. The lowest BCUT2D eigenvalue weighted by Crippen LogP contribution is -2.45. The van der Waals surface area contributed by atoms with Crippen molar-refractivity contribution in [2.45, 2.75) is 6.04 Å². The Kier molecular flexibility index (Phi) is 6.94. The molecule has 1 saturated heterocycles. The fourth-order valence-electron chi connectivity index (χ4n) is 3.09. The van der Waals surface area contributed by atoms with Crippen LogP contribution in [-0.4, -0.2) is 61.7 Å². The van der Waals surface area contributed by atoms with Crippen molar-refractivity contribution in [1.82, 2.24) is 15.2 Å². The second kappa shape index (κ2) is 9.82. The molecule has 8 nitrogen and oxygen atoms in total. The number of nitrogens with zero attached hydrogens (tertiary/aromatic N) is 2. The Hall–Kier alpha value is -2.97. The third-order valence-electron chi connectivity index (χ3n) is 4.57. The zero-order chi connectivity index (χ0) is 19.8. The summed E-state index contributed by atoms with van der Waals surface area (Å²) in [4.78, 5) is 30.5. The van der Waals surface area contributed by atoms with E-state index in [1.54, 1.807) is 31.6 Å². The first kappa shape index (κ1) is 19.8. The first-order valence-electron chi connectivity index (χ1n) is 9.12. The summed E-state index contributed by atoms with van der Waals surface area (Å²) in [5.74, 6) is -0.645. The monoisotopic (exact) mass is 384 g/mol. The van der Waals surface area contributed by atoms with Gasteiger partial charge in [-0.15, -0.1) is 0 Å². The number of rotatable bonds is 6. The molecule has 0 radical (unpaired) electrons. The van der Waals surface area contributed by atoms with Gasteiger partial charge in [0.25, 0.3) is 0 Å². The minimum atomic E-state index is -0.711. The van der Waals surface area contributed by atoms with E-state index in [1.807, 2.05) is 24.3 Å². The molecule has 0 bridgehead atoms. The van der Waals surface area contributed by atoms with Gasteiger partial charge >= 0.3 is 11.8 Å². The summed E-state index contributed by atoms with van der Waals surface area (Å²) in [6, 6.07) is 10.9. The fraction of sp³-hybridized carbons (Fsp3) is 0.350. The van der Waals surface area contributed by atoms with E-state index in [4.69, 9.17) is 9.47 Å². The van der Waals surface area contributed by atoms with Gasteiger partial charge in [0, 0.05) is 37.7 Å². The van der Waals surface area contributed by atoms with E-state index in [2.05, 4.69) is 20.5 Å². The number of amides is 2. The van der Waals surface area contributed by atoms with Crippen molar-refractivity contribution in [1.29, 1.82) is 0 Å². The Morgan fingerprint density at radius 2 is 1.93 bits per heavy atom. The molecule has 2 aromatic rings. The highest BCUT2D eigenvalue weighted by molar-refractivity contribution is 6.39. The zero-order valence-corrected chi connectivity index (χ0v) is 15.8. The topological polar surface area (TPSA) is 92.8 Å². The molecule has 0 spiro atoms. The number of nitrogens with one attached hydrogen (secondary N) is 2. The number of hydrogen-bond donors (Lipinski definition) is 2. The molecule has 148 valence electrons. The number of carbonyl (C=O) groups is 2. The van der Waals surface area contributed by atoms with E-state index in [1.165, 1.54) is 0 Å². The van der Waals surface area contributed by atoms with Gasteiger partial charge in [-0.25, -0.2) is 0 Å². The van der Waals surface area contributed by atoms with Crippen LogP contribution in [-0.2, 0) is 14.3 Å². The van der Waals surface area contributed by atoms with E-state index in [9.17, 15) is 9.59 Å². The number of carbonyl (C=O) groups excluding carboxylic acids is 2. The number of anilines is 1. The van der Waals surface area contributed by atoms with Crippen molar-refractivity contribution in [2.24, 2.45) is 0 Å². The fourth-order valence-corrected chi connectivity index (χ4v) is 3.09. The molecule has 0 unspecified atom stereocenters. The van der Waals surface area contributed by atoms with E-state index in [0.717, 1.165) is 24.4 Å². The molecule has 1 aliphatic heterocycles. The highest BCUT2D eigenvalue weighted by Gasteiger charge is 2.25. The van der Waals surface area contributed by atoms with Crippen molar-refractivity contribution in [3.05, 3.63) is 54.4 Å². The van der Waals surface area contributed by atoms with Crippen LogP contribution in [0.15, 0.2) is 48.8 Å². The molecule has 1 atom stereocenters. The van der Waals surface area contributed by atoms with Gasteiger partial charge in [-0.05, 0) is 29.8 Å². The summed E-state index contributed by atoms with van der Waals surface area (Å²) >= 11 is 0. The van der Waals surface area contributed by atoms with Crippen LogP contribution in [0.5, 0.6) is 5.75 Å². The van der Waals surface area contributed by atoms with Crippen LogP contribution in [0, 0.1) is 0 Å². The maximum Gasteiger partial charge on any atom is 0.313 e. The quantitative estimate of drug-likeness (QED) is 0.728. The second-order valence-electron chi connectivity index (χ2n) is 6.34. The molecule has 1 aromatic carbocycles. The van der Waals surface area contributed by atoms with Gasteiger partial charge in [0.15, 0.2) is 0 Å². The molecule has 28 heavy (non-hydrogen) atoms. The number of methoxy groups -OCH3 is 1. The number of pyridine rings is 1. The molecule has 0 aliphatic carbocycles. The molecule has 2 heterocycles. The van der Waals surface area contributed by atoms with Crippen LogP contribution in [0.25, 0.3) is 0 Å². The second-order valence-corrected chi connectivity index (χ2v) is 6.34. The third-order valence-corrected chi connectivity index (χ3v) is 4.57. The smallest absolute Gasteiger partial charge is 0.313 e. The normalized spacial score (nSPS) is 15.5. The van der Waals surface area contributed by atoms with Crippen LogP contribution in [0.3, 0.4) is 0 Å². The molecule has 2 N–H and O–H groups in total. The summed E-state index contributed by atoms with van der Waals surface area (Å²) in [7, 11) is 1.62. The van der Waals surface area contributed by atoms with Gasteiger partial charge in [0.05, 0.1) is 26.4 Å². The van der Waals surface area contributed by atoms with Crippen molar-refractivity contribution in [2.75, 3.05) is 45.3 Å². The standard InChI is InChI=1S/C20H24N4O4/c1-27-17-4-2-3-15(13-17)18(24-9-11-28-12-10-24)14-22-19(25)20(26)23-16-5-7-21-8-6-16/h2-8,13,18H,9-12,14H2,1H3,(H,22,25)(H,21,23,26)/t18-/m1/s1. The van der Waals surface area contributed by atoms with Gasteiger partial charge in [0.2, 0.25) is 0 Å². The Morgan fingerprint density at radius 3 is 2.64 bits per heavy atom. The van der Waals surface area contributed by atoms with E-state index in [0.29, 0.717) is 25.4 Å². The largest absolute Gasteiger partial charge is 0.497 e. The molecule has 1 aliphatic rings. The molecule has 1 aromatic heterocycles. The first-order chi connectivity index (χ1) is 13.7. The van der Waals surface area contributed by atoms with Crippen LogP contribution in [0.4, 0.5) is 5.69 Å². The number of aromatic nitrogens is 1. The Labute approximate surface area is 163 Å². The first-order valence-corrected chi connectivity index (χ1v) is 9.12. The Balaban J connectivity index is 1.66. The predicted molar refractivity (Wildman–Crippen MR) is 104 cm³/mol. The van der Waals surface area contributed by atoms with Crippen molar-refractivity contribution >= 4 is 17.5 Å². The zero-order valence-electron chi connectivity index (χ0n) is 15.8. The van der Waals surface area contributed by atoms with Gasteiger partial charge < -0.3 is 20.1 Å². The van der Waals surface area contributed by atoms with E-state index in [-0.39, 0.29) is 6.04 Å². The molecule has 8 heteroatoms. The average molecular weight is 384 g/mol. The van der Waals surface area contributed by atoms with Gasteiger partial charge in [-0.2, -0.15) is 0 Å². The Morgan fingerprint density at radius 1 is 1.18 bits per heavy atom. The minimum Gasteiger partial charge on any atom is -0.497 e. The van der Waals surface area contributed by atoms with Gasteiger partial charge in [-0.3, -0.25) is 19.5 Å². The summed E-state index contributed by atoms with van der Waals surface area (Å²) in [6.45, 7) is 3.07. The predicted octanol–water partition coefficient (Wildman–Crippen LogP) is 1.22.